The molecule has 0 bridgehead atoms. The summed E-state index contributed by atoms with van der Waals surface area (Å²) in [6.07, 6.45) is 0. The van der Waals surface area contributed by atoms with Gasteiger partial charge in [0.2, 0.25) is 0 Å². The molecule has 0 nitrogen and oxygen atoms in total. The highest BCUT2D eigenvalue weighted by molar-refractivity contribution is 7.26. The van der Waals surface area contributed by atoms with Gasteiger partial charge in [0.1, 0.15) is 0 Å². The fraction of sp³-hybridized carbons (Fsp3) is 0. The Labute approximate surface area is 330 Å². The second-order valence-corrected chi connectivity index (χ2v) is 17.0. The summed E-state index contributed by atoms with van der Waals surface area (Å²) < 4.78 is 5.19. The zero-order chi connectivity index (χ0) is 36.2. The number of benzene rings is 10. The fourth-order valence-electron chi connectivity index (χ4n) is 9.07. The van der Waals surface area contributed by atoms with Crippen molar-refractivity contribution in [3.63, 3.8) is 0 Å². The predicted octanol–water partition coefficient (Wildman–Crippen LogP) is 16.7. The van der Waals surface area contributed by atoms with E-state index in [1.807, 2.05) is 22.7 Å². The molecule has 0 atom stereocenters. The van der Waals surface area contributed by atoms with Crippen LogP contribution in [0.3, 0.4) is 0 Å². The maximum Gasteiger partial charge on any atom is 0.0491 e. The van der Waals surface area contributed by atoms with Crippen LogP contribution >= 0.6 is 34.3 Å². The summed E-state index contributed by atoms with van der Waals surface area (Å²) >= 11 is 10.9. The molecule has 0 N–H and O–H groups in total. The average Bonchev–Trinajstić information content (AvgIpc) is 3.25. The maximum absolute atomic E-state index is 7.09. The number of halogens is 1. The Hall–Kier alpha value is -6.03. The largest absolute Gasteiger partial charge is 0.135 e. The van der Waals surface area contributed by atoms with Gasteiger partial charge in [-0.2, -0.15) is 0 Å². The van der Waals surface area contributed by atoms with Gasteiger partial charge in [-0.05, 0) is 92.0 Å². The Bertz CT molecular complexity index is 3480. The summed E-state index contributed by atoms with van der Waals surface area (Å²) in [6.45, 7) is 0. The van der Waals surface area contributed by atoms with Crippen molar-refractivity contribution in [2.45, 2.75) is 0 Å². The average molecular weight is 753 g/mol. The molecule has 0 unspecified atom stereocenters. The predicted molar refractivity (Wildman–Crippen MR) is 244 cm³/mol. The van der Waals surface area contributed by atoms with Crippen molar-refractivity contribution in [2.75, 3.05) is 0 Å². The minimum atomic E-state index is 0.798. The molecule has 10 aromatic carbocycles. The molecule has 12 aromatic rings. The van der Waals surface area contributed by atoms with Crippen molar-refractivity contribution in [1.29, 1.82) is 0 Å². The van der Waals surface area contributed by atoms with Crippen molar-refractivity contribution >= 4 is 118 Å². The van der Waals surface area contributed by atoms with Gasteiger partial charge in [-0.25, -0.2) is 0 Å². The molecular formula is C52H29ClS2. The first-order valence-electron chi connectivity index (χ1n) is 18.6. The highest BCUT2D eigenvalue weighted by Crippen LogP contribution is 2.52. The zero-order valence-electron chi connectivity index (χ0n) is 29.4. The summed E-state index contributed by atoms with van der Waals surface area (Å²) in [5.74, 6) is 0. The molecule has 0 amide bonds. The lowest BCUT2D eigenvalue weighted by Crippen LogP contribution is -1.91. The van der Waals surface area contributed by atoms with Crippen molar-refractivity contribution in [1.82, 2.24) is 0 Å². The van der Waals surface area contributed by atoms with Gasteiger partial charge in [-0.1, -0.05) is 145 Å². The highest BCUT2D eigenvalue weighted by Gasteiger charge is 2.22. The van der Waals surface area contributed by atoms with Crippen molar-refractivity contribution in [2.24, 2.45) is 0 Å². The van der Waals surface area contributed by atoms with Crippen molar-refractivity contribution < 1.29 is 0 Å². The van der Waals surface area contributed by atoms with E-state index in [9.17, 15) is 0 Å². The number of fused-ring (bicyclic) bond motifs is 10. The first-order valence-corrected chi connectivity index (χ1v) is 20.6. The molecule has 0 saturated heterocycles. The minimum absolute atomic E-state index is 0.798. The number of hydrogen-bond donors (Lipinski definition) is 0. The van der Waals surface area contributed by atoms with E-state index in [1.165, 1.54) is 111 Å². The van der Waals surface area contributed by atoms with E-state index in [2.05, 4.69) is 176 Å². The molecule has 0 aliphatic carbocycles. The van der Waals surface area contributed by atoms with Crippen LogP contribution < -0.4 is 0 Å². The second kappa shape index (κ2) is 12.0. The first kappa shape index (κ1) is 31.3. The molecule has 12 rings (SSSR count). The summed E-state index contributed by atoms with van der Waals surface area (Å²) in [5, 5.41) is 16.0. The zero-order valence-corrected chi connectivity index (χ0v) is 31.8. The SMILES string of the molecule is Clc1cc2c(sc3cccc4c3c2c2cccc3sc5c6ccccc6c(-c6cc(-c7ccccc7)cc(-c7ccccc7)c6)cc5c4c32)c2ccccc12. The third kappa shape index (κ3) is 4.63. The Balaban J connectivity index is 1.26. The summed E-state index contributed by atoms with van der Waals surface area (Å²) in [7, 11) is 0. The highest BCUT2D eigenvalue weighted by atomic mass is 35.5. The van der Waals surface area contributed by atoms with Crippen LogP contribution in [-0.2, 0) is 0 Å². The molecule has 0 saturated carbocycles. The monoisotopic (exact) mass is 752 g/mol. The van der Waals surface area contributed by atoms with Crippen LogP contribution in [-0.4, -0.2) is 0 Å². The van der Waals surface area contributed by atoms with Gasteiger partial charge in [0.15, 0.2) is 0 Å². The van der Waals surface area contributed by atoms with Crippen LogP contribution in [0.2, 0.25) is 5.02 Å². The summed E-state index contributed by atoms with van der Waals surface area (Å²) in [6, 6.07) is 64.7. The van der Waals surface area contributed by atoms with Crippen LogP contribution in [0, 0.1) is 0 Å². The standard InChI is InChI=1S/C52H29ClS2/c53-44-29-43-48-40-22-12-23-45-49(40)47(39-21-11-24-46(50(39)48)55-52(43)38-20-10-8-18-36(38)44)42-28-41(35-17-7-9-19-37(35)51(42)54-45)34-26-32(30-13-3-1-4-14-30)25-33(27-34)31-15-5-2-6-16-31/h1-29H. The van der Waals surface area contributed by atoms with Crippen molar-refractivity contribution in [3.8, 4) is 33.4 Å². The van der Waals surface area contributed by atoms with E-state index in [1.54, 1.807) is 0 Å². The van der Waals surface area contributed by atoms with Crippen LogP contribution in [0.1, 0.15) is 0 Å². The first-order chi connectivity index (χ1) is 27.2. The van der Waals surface area contributed by atoms with Crippen molar-refractivity contribution in [3.05, 3.63) is 181 Å². The Morgan fingerprint density at radius 1 is 0.291 bits per heavy atom. The van der Waals surface area contributed by atoms with Crippen LogP contribution in [0.15, 0.2) is 176 Å². The lowest BCUT2D eigenvalue weighted by atomic mass is 9.88. The molecule has 0 spiro atoms. The smallest absolute Gasteiger partial charge is 0.0491 e. The maximum atomic E-state index is 7.09. The summed E-state index contributed by atoms with van der Waals surface area (Å²) in [5.41, 5.74) is 7.31. The normalized spacial score (nSPS) is 12.1. The Kier molecular flexibility index (Phi) is 6.83. The molecule has 2 aromatic heterocycles. The van der Waals surface area contributed by atoms with Gasteiger partial charge in [0.25, 0.3) is 0 Å². The molecule has 0 aliphatic rings. The molecule has 0 radical (unpaired) electrons. The molecule has 0 aliphatic heterocycles. The molecule has 3 heteroatoms. The van der Waals surface area contributed by atoms with E-state index >= 15 is 0 Å². The topological polar surface area (TPSA) is 0 Å². The summed E-state index contributed by atoms with van der Waals surface area (Å²) in [4.78, 5) is 0. The van der Waals surface area contributed by atoms with Crippen LogP contribution in [0.4, 0.5) is 0 Å². The van der Waals surface area contributed by atoms with E-state index in [4.69, 9.17) is 11.6 Å². The Morgan fingerprint density at radius 2 is 0.727 bits per heavy atom. The van der Waals surface area contributed by atoms with E-state index < -0.39 is 0 Å². The van der Waals surface area contributed by atoms with Gasteiger partial charge < -0.3 is 0 Å². The van der Waals surface area contributed by atoms with Gasteiger partial charge in [-0.15, -0.1) is 22.7 Å². The van der Waals surface area contributed by atoms with Gasteiger partial charge in [0.05, 0.1) is 0 Å². The number of rotatable bonds is 3. The number of hydrogen-bond acceptors (Lipinski definition) is 2. The Morgan fingerprint density at radius 3 is 1.29 bits per heavy atom. The fourth-order valence-corrected chi connectivity index (χ4v) is 11.8. The molecule has 0 fully saturated rings. The van der Waals surface area contributed by atoms with Gasteiger partial charge in [0, 0.05) is 72.3 Å². The second-order valence-electron chi connectivity index (χ2n) is 14.5. The third-order valence-electron chi connectivity index (χ3n) is 11.5. The van der Waals surface area contributed by atoms with E-state index in [0.717, 1.165) is 10.4 Å². The lowest BCUT2D eigenvalue weighted by Gasteiger charge is -2.20. The molecular weight excluding hydrogens is 724 g/mol. The minimum Gasteiger partial charge on any atom is -0.135 e. The van der Waals surface area contributed by atoms with Crippen LogP contribution in [0.5, 0.6) is 0 Å². The van der Waals surface area contributed by atoms with Gasteiger partial charge in [-0.3, -0.25) is 0 Å². The molecule has 256 valence electrons. The molecule has 55 heavy (non-hydrogen) atoms. The lowest BCUT2D eigenvalue weighted by molar-refractivity contribution is 1.58. The van der Waals surface area contributed by atoms with Gasteiger partial charge >= 0.3 is 0 Å². The third-order valence-corrected chi connectivity index (χ3v) is 14.2. The molecule has 2 heterocycles. The van der Waals surface area contributed by atoms with E-state index in [-0.39, 0.29) is 0 Å². The quantitative estimate of drug-likeness (QED) is 0.125. The van der Waals surface area contributed by atoms with E-state index in [0.29, 0.717) is 0 Å². The van der Waals surface area contributed by atoms with Crippen LogP contribution in [0.25, 0.3) is 117 Å².